The van der Waals surface area contributed by atoms with Gasteiger partial charge in [-0.25, -0.2) is 9.18 Å². The third-order valence-electron chi connectivity index (χ3n) is 2.86. The second kappa shape index (κ2) is 7.23. The molecule has 0 bridgehead atoms. The molecule has 20 heavy (non-hydrogen) atoms. The van der Waals surface area contributed by atoms with Crippen molar-refractivity contribution >= 4 is 33.6 Å². The number of carbonyl (C=O) groups is 2. The van der Waals surface area contributed by atoms with Crippen molar-refractivity contribution in [2.24, 2.45) is 0 Å². The number of benzene rings is 1. The lowest BCUT2D eigenvalue weighted by atomic mass is 10.2. The van der Waals surface area contributed by atoms with E-state index in [1.54, 1.807) is 6.92 Å². The first-order valence-corrected chi connectivity index (χ1v) is 6.89. The summed E-state index contributed by atoms with van der Waals surface area (Å²) in [6.45, 7) is 3.14. The van der Waals surface area contributed by atoms with Gasteiger partial charge in [0, 0.05) is 10.5 Å². The van der Waals surface area contributed by atoms with Crippen molar-refractivity contribution in [3.8, 4) is 0 Å². The molecule has 1 atom stereocenters. The minimum Gasteiger partial charge on any atom is -0.480 e. The van der Waals surface area contributed by atoms with Crippen LogP contribution in [0.2, 0.25) is 0 Å². The highest BCUT2D eigenvalue weighted by atomic mass is 79.9. The summed E-state index contributed by atoms with van der Waals surface area (Å²) in [5.74, 6) is -1.70. The Hall–Kier alpha value is -1.63. The number of anilines is 1. The van der Waals surface area contributed by atoms with Crippen molar-refractivity contribution in [3.63, 3.8) is 0 Å². The Kier molecular flexibility index (Phi) is 5.94. The highest BCUT2D eigenvalue weighted by molar-refractivity contribution is 9.10. The molecule has 1 aromatic rings. The summed E-state index contributed by atoms with van der Waals surface area (Å²) >= 11 is 3.18. The molecule has 0 aromatic heterocycles. The number of amides is 2. The number of urea groups is 1. The molecule has 2 N–H and O–H groups in total. The zero-order valence-electron chi connectivity index (χ0n) is 11.2. The fourth-order valence-corrected chi connectivity index (χ4v) is 1.94. The van der Waals surface area contributed by atoms with Gasteiger partial charge in [0.1, 0.15) is 12.4 Å². The van der Waals surface area contributed by atoms with Gasteiger partial charge in [-0.3, -0.25) is 4.79 Å². The smallest absolute Gasteiger partial charge is 0.323 e. The number of carboxylic acid groups (broad SMARTS) is 1. The summed E-state index contributed by atoms with van der Waals surface area (Å²) in [7, 11) is 0. The Labute approximate surface area is 124 Å². The molecule has 0 aliphatic heterocycles. The number of carbonyl (C=O) groups excluding carboxylic acids is 1. The lowest BCUT2D eigenvalue weighted by Gasteiger charge is -2.27. The van der Waals surface area contributed by atoms with Crippen LogP contribution >= 0.6 is 15.9 Å². The largest absolute Gasteiger partial charge is 0.480 e. The summed E-state index contributed by atoms with van der Waals surface area (Å²) in [6.07, 6.45) is 0.599. The number of rotatable bonds is 5. The van der Waals surface area contributed by atoms with Gasteiger partial charge in [-0.1, -0.05) is 22.9 Å². The van der Waals surface area contributed by atoms with Crippen LogP contribution in [0.15, 0.2) is 22.7 Å². The molecular formula is C13H16BrFN2O3. The van der Waals surface area contributed by atoms with Crippen LogP contribution in [0.1, 0.15) is 20.3 Å². The van der Waals surface area contributed by atoms with Gasteiger partial charge < -0.3 is 15.3 Å². The van der Waals surface area contributed by atoms with Crippen LogP contribution in [-0.4, -0.2) is 34.6 Å². The van der Waals surface area contributed by atoms with Crippen molar-refractivity contribution in [1.29, 1.82) is 0 Å². The number of halogens is 2. The normalized spacial score (nSPS) is 11.8. The van der Waals surface area contributed by atoms with E-state index in [2.05, 4.69) is 21.2 Å². The van der Waals surface area contributed by atoms with Crippen molar-refractivity contribution in [1.82, 2.24) is 4.90 Å². The van der Waals surface area contributed by atoms with Gasteiger partial charge in [0.2, 0.25) is 0 Å². The Morgan fingerprint density at radius 1 is 1.50 bits per heavy atom. The van der Waals surface area contributed by atoms with Crippen molar-refractivity contribution in [3.05, 3.63) is 28.5 Å². The van der Waals surface area contributed by atoms with E-state index in [4.69, 9.17) is 5.11 Å². The maximum absolute atomic E-state index is 13.6. The first-order chi connectivity index (χ1) is 9.35. The van der Waals surface area contributed by atoms with Gasteiger partial charge in [0.25, 0.3) is 0 Å². The lowest BCUT2D eigenvalue weighted by Crippen LogP contribution is -2.44. The minimum atomic E-state index is -1.12. The van der Waals surface area contributed by atoms with E-state index in [-0.39, 0.29) is 11.7 Å². The Bertz CT molecular complexity index is 510. The van der Waals surface area contributed by atoms with E-state index in [0.29, 0.717) is 10.9 Å². The van der Waals surface area contributed by atoms with Crippen LogP contribution in [0.4, 0.5) is 14.9 Å². The van der Waals surface area contributed by atoms with Crippen LogP contribution in [-0.2, 0) is 4.79 Å². The van der Waals surface area contributed by atoms with E-state index in [1.807, 2.05) is 6.92 Å². The molecule has 5 nitrogen and oxygen atoms in total. The highest BCUT2D eigenvalue weighted by Crippen LogP contribution is 2.20. The molecular weight excluding hydrogens is 331 g/mol. The van der Waals surface area contributed by atoms with Crippen LogP contribution in [0.25, 0.3) is 0 Å². The summed E-state index contributed by atoms with van der Waals surface area (Å²) in [6, 6.07) is 3.24. The second-order valence-corrected chi connectivity index (χ2v) is 5.25. The van der Waals surface area contributed by atoms with E-state index >= 15 is 0 Å². The zero-order chi connectivity index (χ0) is 15.3. The Morgan fingerprint density at radius 2 is 2.15 bits per heavy atom. The van der Waals surface area contributed by atoms with E-state index in [0.717, 1.165) is 4.90 Å². The lowest BCUT2D eigenvalue weighted by molar-refractivity contribution is -0.138. The Morgan fingerprint density at radius 3 is 2.70 bits per heavy atom. The average molecular weight is 347 g/mol. The molecule has 1 aromatic carbocycles. The van der Waals surface area contributed by atoms with Gasteiger partial charge in [-0.2, -0.15) is 0 Å². The molecule has 7 heteroatoms. The predicted molar refractivity (Wildman–Crippen MR) is 77.2 cm³/mol. The van der Waals surface area contributed by atoms with Gasteiger partial charge in [0.15, 0.2) is 0 Å². The summed E-state index contributed by atoms with van der Waals surface area (Å²) in [4.78, 5) is 24.0. The van der Waals surface area contributed by atoms with Gasteiger partial charge in [-0.05, 0) is 31.5 Å². The van der Waals surface area contributed by atoms with E-state index in [9.17, 15) is 14.0 Å². The Balaban J connectivity index is 2.90. The first-order valence-electron chi connectivity index (χ1n) is 6.09. The summed E-state index contributed by atoms with van der Waals surface area (Å²) in [5, 5.41) is 11.2. The zero-order valence-corrected chi connectivity index (χ0v) is 12.8. The minimum absolute atomic E-state index is 0.00284. The van der Waals surface area contributed by atoms with Gasteiger partial charge in [0.05, 0.1) is 5.69 Å². The molecule has 1 rings (SSSR count). The quantitative estimate of drug-likeness (QED) is 0.859. The molecule has 1 unspecified atom stereocenters. The molecule has 0 spiro atoms. The molecule has 0 radical (unpaired) electrons. The van der Waals surface area contributed by atoms with Crippen LogP contribution in [0, 0.1) is 5.82 Å². The van der Waals surface area contributed by atoms with Crippen LogP contribution in [0.5, 0.6) is 0 Å². The molecule has 0 saturated heterocycles. The van der Waals surface area contributed by atoms with Crippen molar-refractivity contribution in [2.45, 2.75) is 26.3 Å². The number of nitrogens with one attached hydrogen (secondary N) is 1. The third-order valence-corrected chi connectivity index (χ3v) is 3.35. The molecule has 0 fully saturated rings. The number of nitrogens with zero attached hydrogens (tertiary/aromatic N) is 1. The molecule has 2 amide bonds. The topological polar surface area (TPSA) is 69.6 Å². The van der Waals surface area contributed by atoms with Crippen LogP contribution in [0.3, 0.4) is 0 Å². The van der Waals surface area contributed by atoms with Crippen LogP contribution < -0.4 is 5.32 Å². The average Bonchev–Trinajstić information content (AvgIpc) is 2.39. The summed E-state index contributed by atoms with van der Waals surface area (Å²) < 4.78 is 14.2. The highest BCUT2D eigenvalue weighted by Gasteiger charge is 2.22. The third kappa shape index (κ3) is 4.48. The molecule has 0 aliphatic carbocycles. The van der Waals surface area contributed by atoms with E-state index in [1.165, 1.54) is 18.2 Å². The summed E-state index contributed by atoms with van der Waals surface area (Å²) in [5.41, 5.74) is 0.00284. The number of carboxylic acids is 1. The van der Waals surface area contributed by atoms with Gasteiger partial charge in [-0.15, -0.1) is 0 Å². The number of aliphatic carboxylic acids is 1. The molecule has 110 valence electrons. The second-order valence-electron chi connectivity index (χ2n) is 4.33. The van der Waals surface area contributed by atoms with Gasteiger partial charge >= 0.3 is 12.0 Å². The number of hydrogen-bond acceptors (Lipinski definition) is 2. The van der Waals surface area contributed by atoms with Crippen molar-refractivity contribution in [2.75, 3.05) is 11.9 Å². The van der Waals surface area contributed by atoms with Crippen molar-refractivity contribution < 1.29 is 19.1 Å². The molecule has 0 saturated carbocycles. The number of hydrogen-bond donors (Lipinski definition) is 2. The van der Waals surface area contributed by atoms with E-state index < -0.39 is 24.4 Å². The fraction of sp³-hybridized carbons (Fsp3) is 0.385. The maximum Gasteiger partial charge on any atom is 0.323 e. The maximum atomic E-state index is 13.6. The molecule has 0 heterocycles. The standard InChI is InChI=1S/C13H16BrFN2O3/c1-3-8(2)17(7-12(18)19)13(20)16-11-6-9(14)4-5-10(11)15/h4-6,8H,3,7H2,1-2H3,(H,16,20)(H,18,19). The first kappa shape index (κ1) is 16.4. The predicted octanol–water partition coefficient (Wildman–Crippen LogP) is 3.31. The monoisotopic (exact) mass is 346 g/mol. The SMILES string of the molecule is CCC(C)N(CC(=O)O)C(=O)Nc1cc(Br)ccc1F. The molecule has 0 aliphatic rings. The fourth-order valence-electron chi connectivity index (χ4n) is 1.57.